The Kier molecular flexibility index (Phi) is 3.92. The van der Waals surface area contributed by atoms with Gasteiger partial charge in [0.15, 0.2) is 0 Å². The molecular formula is C16H16N4S. The summed E-state index contributed by atoms with van der Waals surface area (Å²) in [5, 5.41) is 4.36. The van der Waals surface area contributed by atoms with Crippen molar-refractivity contribution in [3.63, 3.8) is 0 Å². The van der Waals surface area contributed by atoms with Crippen LogP contribution in [0.3, 0.4) is 0 Å². The molecule has 0 saturated heterocycles. The van der Waals surface area contributed by atoms with Crippen LogP contribution in [0.5, 0.6) is 0 Å². The first-order chi connectivity index (χ1) is 10.3. The molecule has 1 aromatic carbocycles. The number of benzene rings is 1. The Morgan fingerprint density at radius 1 is 1.19 bits per heavy atom. The van der Waals surface area contributed by atoms with Gasteiger partial charge in [-0.05, 0) is 12.5 Å². The highest BCUT2D eigenvalue weighted by Crippen LogP contribution is 2.20. The molecule has 0 unspecified atom stereocenters. The summed E-state index contributed by atoms with van der Waals surface area (Å²) in [5.41, 5.74) is 2.98. The van der Waals surface area contributed by atoms with Crippen molar-refractivity contribution in [3.05, 3.63) is 53.4 Å². The van der Waals surface area contributed by atoms with E-state index < -0.39 is 0 Å². The number of rotatable bonds is 4. The van der Waals surface area contributed by atoms with E-state index in [2.05, 4.69) is 22.0 Å². The minimum Gasteiger partial charge on any atom is -0.339 e. The smallest absolute Gasteiger partial charge is 0.139 e. The van der Waals surface area contributed by atoms with Crippen molar-refractivity contribution in [2.24, 2.45) is 0 Å². The Hall–Kier alpha value is -2.27. The number of aryl methyl sites for hydroxylation is 1. The normalized spacial score (nSPS) is 10.7. The summed E-state index contributed by atoms with van der Waals surface area (Å²) in [4.78, 5) is 7.75. The van der Waals surface area contributed by atoms with Crippen LogP contribution in [0.2, 0.25) is 0 Å². The Morgan fingerprint density at radius 3 is 2.76 bits per heavy atom. The fourth-order valence-electron chi connectivity index (χ4n) is 2.20. The van der Waals surface area contributed by atoms with Crippen LogP contribution < -0.4 is 0 Å². The minimum atomic E-state index is 0.575. The van der Waals surface area contributed by atoms with Gasteiger partial charge in [0.25, 0.3) is 0 Å². The number of aromatic nitrogens is 4. The highest BCUT2D eigenvalue weighted by atomic mass is 32.1. The number of nitrogens with zero attached hydrogens (tertiary/aromatic N) is 3. The lowest BCUT2D eigenvalue weighted by atomic mass is 10.2. The molecule has 3 rings (SSSR count). The van der Waals surface area contributed by atoms with Gasteiger partial charge in [0.2, 0.25) is 0 Å². The summed E-state index contributed by atoms with van der Waals surface area (Å²) in [7, 11) is 0. The van der Waals surface area contributed by atoms with E-state index in [1.54, 1.807) is 0 Å². The number of hydrogen-bond acceptors (Lipinski definition) is 3. The highest BCUT2D eigenvalue weighted by molar-refractivity contribution is 7.71. The minimum absolute atomic E-state index is 0.575. The Balaban J connectivity index is 2.03. The van der Waals surface area contributed by atoms with Crippen molar-refractivity contribution < 1.29 is 0 Å². The van der Waals surface area contributed by atoms with Gasteiger partial charge in [-0.2, -0.15) is 5.10 Å². The Morgan fingerprint density at radius 2 is 2.00 bits per heavy atom. The maximum Gasteiger partial charge on any atom is 0.139 e. The summed E-state index contributed by atoms with van der Waals surface area (Å²) >= 11 is 5.29. The molecule has 0 saturated carbocycles. The molecule has 0 aliphatic rings. The third-order valence-corrected chi connectivity index (χ3v) is 3.40. The molecule has 3 aromatic rings. The molecule has 5 heteroatoms. The zero-order valence-corrected chi connectivity index (χ0v) is 12.6. The second-order valence-electron chi connectivity index (χ2n) is 4.84. The predicted molar refractivity (Wildman–Crippen MR) is 86.4 cm³/mol. The largest absolute Gasteiger partial charge is 0.339 e. The van der Waals surface area contributed by atoms with Crippen molar-refractivity contribution in [1.29, 1.82) is 0 Å². The molecule has 21 heavy (non-hydrogen) atoms. The molecular weight excluding hydrogens is 280 g/mol. The van der Waals surface area contributed by atoms with Crippen LogP contribution in [-0.4, -0.2) is 19.7 Å². The summed E-state index contributed by atoms with van der Waals surface area (Å²) in [6.07, 6.45) is 4.94. The third kappa shape index (κ3) is 3.08. The second-order valence-corrected chi connectivity index (χ2v) is 5.26. The lowest BCUT2D eigenvalue weighted by Crippen LogP contribution is -1.95. The molecule has 0 amide bonds. The van der Waals surface area contributed by atoms with Gasteiger partial charge in [-0.25, -0.2) is 4.98 Å². The molecule has 0 fully saturated rings. The summed E-state index contributed by atoms with van der Waals surface area (Å²) in [6.45, 7) is 3.05. The molecule has 0 atom stereocenters. The fourth-order valence-corrected chi connectivity index (χ4v) is 2.41. The standard InChI is InChI=1S/C16H16N4S/c1-2-8-20-11-13(10-17-20)14-9-15(21)19-16(18-14)12-6-4-3-5-7-12/h3-7,9-11H,2,8H2,1H3,(H,18,19,21). The van der Waals surface area contributed by atoms with Crippen molar-refractivity contribution in [2.75, 3.05) is 0 Å². The van der Waals surface area contributed by atoms with Crippen molar-refractivity contribution in [3.8, 4) is 22.6 Å². The fraction of sp³-hybridized carbons (Fsp3) is 0.188. The summed E-state index contributed by atoms with van der Waals surface area (Å²) in [6, 6.07) is 11.8. The summed E-state index contributed by atoms with van der Waals surface area (Å²) in [5.74, 6) is 0.779. The van der Waals surface area contributed by atoms with Gasteiger partial charge in [-0.3, -0.25) is 4.68 Å². The molecule has 4 nitrogen and oxygen atoms in total. The van der Waals surface area contributed by atoms with Crippen molar-refractivity contribution in [2.45, 2.75) is 19.9 Å². The monoisotopic (exact) mass is 296 g/mol. The maximum absolute atomic E-state index is 5.29. The molecule has 1 N–H and O–H groups in total. The number of aromatic amines is 1. The van der Waals surface area contributed by atoms with Crippen molar-refractivity contribution in [1.82, 2.24) is 19.7 Å². The van der Waals surface area contributed by atoms with E-state index in [9.17, 15) is 0 Å². The molecule has 2 aromatic heterocycles. The molecule has 0 aliphatic carbocycles. The number of nitrogens with one attached hydrogen (secondary N) is 1. The highest BCUT2D eigenvalue weighted by Gasteiger charge is 2.06. The molecule has 0 radical (unpaired) electrons. The summed E-state index contributed by atoms with van der Waals surface area (Å²) < 4.78 is 2.51. The van der Waals surface area contributed by atoms with Crippen LogP contribution in [0.15, 0.2) is 48.8 Å². The van der Waals surface area contributed by atoms with Gasteiger partial charge in [0, 0.05) is 23.9 Å². The van der Waals surface area contributed by atoms with E-state index in [0.717, 1.165) is 35.6 Å². The van der Waals surface area contributed by atoms with Gasteiger partial charge in [-0.15, -0.1) is 0 Å². The van der Waals surface area contributed by atoms with E-state index in [1.807, 2.05) is 53.5 Å². The Bertz CT molecular complexity index is 789. The molecule has 0 aliphatic heterocycles. The lowest BCUT2D eigenvalue weighted by molar-refractivity contribution is 0.603. The van der Waals surface area contributed by atoms with Gasteiger partial charge in [0.1, 0.15) is 10.5 Å². The van der Waals surface area contributed by atoms with Gasteiger partial charge >= 0.3 is 0 Å². The third-order valence-electron chi connectivity index (χ3n) is 3.19. The average molecular weight is 296 g/mol. The Labute approximate surface area is 128 Å². The molecule has 2 heterocycles. The quantitative estimate of drug-likeness (QED) is 0.738. The van der Waals surface area contributed by atoms with E-state index in [-0.39, 0.29) is 0 Å². The predicted octanol–water partition coefficient (Wildman–Crippen LogP) is 4.08. The first-order valence-electron chi connectivity index (χ1n) is 6.96. The van der Waals surface area contributed by atoms with Crippen LogP contribution in [0.1, 0.15) is 13.3 Å². The average Bonchev–Trinajstić information content (AvgIpc) is 2.97. The first kappa shape index (κ1) is 13.7. The van der Waals surface area contributed by atoms with Crippen LogP contribution >= 0.6 is 12.2 Å². The number of hydrogen-bond donors (Lipinski definition) is 1. The SMILES string of the molecule is CCCn1cc(-c2cc(=S)nc(-c3ccccc3)[nH]2)cn1. The topological polar surface area (TPSA) is 46.5 Å². The van der Waals surface area contributed by atoms with Crippen LogP contribution in [-0.2, 0) is 6.54 Å². The van der Waals surface area contributed by atoms with Crippen LogP contribution in [0.25, 0.3) is 22.6 Å². The first-order valence-corrected chi connectivity index (χ1v) is 7.36. The second kappa shape index (κ2) is 6.01. The van der Waals surface area contributed by atoms with Crippen molar-refractivity contribution >= 4 is 12.2 Å². The van der Waals surface area contributed by atoms with Crippen LogP contribution in [0, 0.1) is 4.64 Å². The van der Waals surface area contributed by atoms with E-state index in [0.29, 0.717) is 4.64 Å². The van der Waals surface area contributed by atoms with Crippen LogP contribution in [0.4, 0.5) is 0 Å². The maximum atomic E-state index is 5.29. The van der Waals surface area contributed by atoms with Gasteiger partial charge < -0.3 is 4.98 Å². The number of H-pyrrole nitrogens is 1. The van der Waals surface area contributed by atoms with E-state index in [4.69, 9.17) is 12.2 Å². The van der Waals surface area contributed by atoms with Gasteiger partial charge in [-0.1, -0.05) is 49.5 Å². The zero-order valence-electron chi connectivity index (χ0n) is 11.8. The zero-order chi connectivity index (χ0) is 14.7. The molecule has 106 valence electrons. The molecule has 0 spiro atoms. The van der Waals surface area contributed by atoms with E-state index >= 15 is 0 Å². The van der Waals surface area contributed by atoms with E-state index in [1.165, 1.54) is 0 Å². The lowest BCUT2D eigenvalue weighted by Gasteiger charge is -2.04. The molecule has 0 bridgehead atoms. The van der Waals surface area contributed by atoms with Gasteiger partial charge in [0.05, 0.1) is 11.9 Å².